The molecule has 47 heavy (non-hydrogen) atoms. The number of rotatable bonds is 30. The van der Waals surface area contributed by atoms with E-state index >= 15 is 0 Å². The molecule has 0 aliphatic rings. The van der Waals surface area contributed by atoms with Gasteiger partial charge in [0, 0.05) is 0 Å². The maximum Gasteiger partial charge on any atom is 0.333 e. The van der Waals surface area contributed by atoms with Crippen LogP contribution in [-0.2, 0) is 61.7 Å². The van der Waals surface area contributed by atoms with E-state index in [4.69, 9.17) is 52.5 Å². The molecular formula is C30H62O15Si2. The molecule has 0 bridgehead atoms. The molecule has 280 valence electrons. The van der Waals surface area contributed by atoms with Gasteiger partial charge in [0.1, 0.15) is 25.4 Å². The van der Waals surface area contributed by atoms with Crippen LogP contribution in [0.15, 0.2) is 0 Å². The van der Waals surface area contributed by atoms with Crippen LogP contribution < -0.4 is 0 Å². The van der Waals surface area contributed by atoms with Gasteiger partial charge in [-0.25, -0.2) is 29.1 Å². The molecule has 0 rings (SSSR count). The summed E-state index contributed by atoms with van der Waals surface area (Å²) in [7, 11) is -3.71. The third kappa shape index (κ3) is 23.8. The van der Waals surface area contributed by atoms with Crippen LogP contribution in [0.3, 0.4) is 0 Å². The summed E-state index contributed by atoms with van der Waals surface area (Å²) < 4.78 is 41.4. The fourth-order valence-electron chi connectivity index (χ4n) is 2.94. The first-order chi connectivity index (χ1) is 21.8. The molecule has 0 aromatic carbocycles. The van der Waals surface area contributed by atoms with Crippen LogP contribution >= 0.6 is 0 Å². The zero-order valence-corrected chi connectivity index (χ0v) is 32.3. The Hall–Kier alpha value is -1.07. The highest BCUT2D eigenvalue weighted by molar-refractivity contribution is 6.74. The molecule has 0 aromatic heterocycles. The lowest BCUT2D eigenvalue weighted by Gasteiger charge is -2.36. The smallest absolute Gasteiger partial charge is 0.333 e. The summed E-state index contributed by atoms with van der Waals surface area (Å²) >= 11 is 0. The number of carbonyl (C=O) groups is 2. The van der Waals surface area contributed by atoms with Crippen molar-refractivity contribution in [3.05, 3.63) is 0 Å². The van der Waals surface area contributed by atoms with Gasteiger partial charge in [0.25, 0.3) is 0 Å². The van der Waals surface area contributed by atoms with Crippen LogP contribution in [0.5, 0.6) is 0 Å². The molecule has 0 amide bonds. The Labute approximate surface area is 282 Å². The van der Waals surface area contributed by atoms with Crippen LogP contribution in [0.1, 0.15) is 41.5 Å². The second kappa shape index (κ2) is 24.1. The van der Waals surface area contributed by atoms with E-state index in [0.29, 0.717) is 46.2 Å². The van der Waals surface area contributed by atoms with Gasteiger partial charge >= 0.3 is 11.9 Å². The van der Waals surface area contributed by atoms with Crippen molar-refractivity contribution in [2.75, 3.05) is 92.5 Å². The Bertz CT molecular complexity index is 773. The van der Waals surface area contributed by atoms with E-state index in [-0.39, 0.29) is 49.2 Å². The molecule has 15 nitrogen and oxygen atoms in total. The van der Waals surface area contributed by atoms with Gasteiger partial charge in [-0.1, -0.05) is 41.5 Å². The minimum atomic E-state index is -1.85. The lowest BCUT2D eigenvalue weighted by atomic mass is 10.2. The van der Waals surface area contributed by atoms with Crippen molar-refractivity contribution in [3.63, 3.8) is 0 Å². The number of ether oxygens (including phenoxy) is 5. The van der Waals surface area contributed by atoms with Crippen molar-refractivity contribution >= 4 is 28.6 Å². The van der Waals surface area contributed by atoms with Gasteiger partial charge in [-0.15, -0.1) is 0 Å². The van der Waals surface area contributed by atoms with E-state index in [0.717, 1.165) is 0 Å². The van der Waals surface area contributed by atoms with Crippen molar-refractivity contribution in [2.45, 2.75) is 90.0 Å². The molecule has 0 unspecified atom stereocenters. The predicted molar refractivity (Wildman–Crippen MR) is 177 cm³/mol. The van der Waals surface area contributed by atoms with E-state index in [1.165, 1.54) is 0 Å². The van der Waals surface area contributed by atoms with Gasteiger partial charge < -0.3 is 42.7 Å². The molecule has 0 heterocycles. The normalized spacial score (nSPS) is 13.2. The number of carboxylic acids is 2. The molecule has 0 aliphatic carbocycles. The highest BCUT2D eigenvalue weighted by atomic mass is 28.4. The summed E-state index contributed by atoms with van der Waals surface area (Å²) in [4.78, 5) is 39.8. The van der Waals surface area contributed by atoms with E-state index in [9.17, 15) is 9.59 Å². The zero-order chi connectivity index (χ0) is 36.0. The molecule has 0 atom stereocenters. The molecule has 0 saturated carbocycles. The average molecular weight is 719 g/mol. The average Bonchev–Trinajstić information content (AvgIpc) is 2.94. The molecule has 0 spiro atoms. The van der Waals surface area contributed by atoms with E-state index < -0.39 is 47.9 Å². The fraction of sp³-hybridized carbons (Fsp3) is 0.933. The molecule has 0 radical (unpaired) electrons. The largest absolute Gasteiger partial charge is 0.479 e. The van der Waals surface area contributed by atoms with E-state index in [2.05, 4.69) is 77.5 Å². The van der Waals surface area contributed by atoms with Gasteiger partial charge in [-0.2, -0.15) is 0 Å². The highest BCUT2D eigenvalue weighted by Gasteiger charge is 2.37. The molecule has 17 heteroatoms. The standard InChI is InChI=1S/C30H62O15Si2/c1-29(2,3)46(7,8)44-17-13-36-19-25(20-37-14-18-45-47(9,10)30(4,5)6)38-15-11-35-12-16-39-26(21-40-42-23-27(31)32)22-41-43-24-28(33)34/h25-26H,11-24H2,1-10H3,(H,31,32)(H,33,34). The Morgan fingerprint density at radius 2 is 0.851 bits per heavy atom. The van der Waals surface area contributed by atoms with Crippen molar-refractivity contribution in [1.29, 1.82) is 0 Å². The first-order valence-corrected chi connectivity index (χ1v) is 21.8. The highest BCUT2D eigenvalue weighted by Crippen LogP contribution is 2.37. The Balaban J connectivity index is 4.63. The molecule has 0 saturated heterocycles. The maximum atomic E-state index is 10.6. The number of hydrogen-bond acceptors (Lipinski definition) is 13. The maximum absolute atomic E-state index is 10.6. The Morgan fingerprint density at radius 3 is 1.19 bits per heavy atom. The minimum Gasteiger partial charge on any atom is -0.479 e. The summed E-state index contributed by atoms with van der Waals surface area (Å²) in [6.45, 7) is 23.9. The monoisotopic (exact) mass is 718 g/mol. The predicted octanol–water partition coefficient (Wildman–Crippen LogP) is 3.92. The van der Waals surface area contributed by atoms with Gasteiger partial charge in [-0.3, -0.25) is 0 Å². The number of aliphatic carboxylic acids is 2. The van der Waals surface area contributed by atoms with Crippen LogP contribution in [0, 0.1) is 0 Å². The second-order valence-corrected chi connectivity index (χ2v) is 23.5. The van der Waals surface area contributed by atoms with Gasteiger partial charge in [0.15, 0.2) is 29.8 Å². The summed E-state index contributed by atoms with van der Waals surface area (Å²) in [5.41, 5.74) is 0. The number of hydrogen-bond donors (Lipinski definition) is 2. The lowest BCUT2D eigenvalue weighted by molar-refractivity contribution is -0.332. The first kappa shape index (κ1) is 45.9. The van der Waals surface area contributed by atoms with Gasteiger partial charge in [-0.05, 0) is 36.3 Å². The molecular weight excluding hydrogens is 656 g/mol. The third-order valence-corrected chi connectivity index (χ3v) is 16.9. The molecule has 0 aromatic rings. The topological polar surface area (TPSA) is 176 Å². The van der Waals surface area contributed by atoms with Gasteiger partial charge in [0.05, 0.1) is 66.1 Å². The van der Waals surface area contributed by atoms with Crippen molar-refractivity contribution in [2.24, 2.45) is 0 Å². The molecule has 2 N–H and O–H groups in total. The zero-order valence-electron chi connectivity index (χ0n) is 30.3. The fourth-order valence-corrected chi connectivity index (χ4v) is 5.00. The SMILES string of the molecule is CC(C)(C)[Si](C)(C)OCCOCC(COCCO[Si](C)(C)C(C)(C)C)OCCOCCOC(COOCC(=O)O)COOCC(=O)O. The molecule has 0 aliphatic heterocycles. The Kier molecular flexibility index (Phi) is 23.6. The molecule has 0 fully saturated rings. The van der Waals surface area contributed by atoms with Crippen molar-refractivity contribution < 1.29 is 71.9 Å². The Morgan fingerprint density at radius 1 is 0.511 bits per heavy atom. The summed E-state index contributed by atoms with van der Waals surface area (Å²) in [6, 6.07) is 0. The van der Waals surface area contributed by atoms with Crippen LogP contribution in [0.25, 0.3) is 0 Å². The van der Waals surface area contributed by atoms with E-state index in [1.54, 1.807) is 0 Å². The van der Waals surface area contributed by atoms with Crippen LogP contribution in [-0.4, -0.2) is 143 Å². The van der Waals surface area contributed by atoms with Crippen molar-refractivity contribution in [1.82, 2.24) is 0 Å². The third-order valence-electron chi connectivity index (χ3n) is 7.80. The van der Waals surface area contributed by atoms with Crippen LogP contribution in [0.4, 0.5) is 0 Å². The number of carboxylic acid groups (broad SMARTS) is 2. The van der Waals surface area contributed by atoms with Gasteiger partial charge in [0.2, 0.25) is 0 Å². The van der Waals surface area contributed by atoms with Crippen LogP contribution in [0.2, 0.25) is 36.3 Å². The first-order valence-electron chi connectivity index (χ1n) is 15.9. The van der Waals surface area contributed by atoms with Crippen molar-refractivity contribution in [3.8, 4) is 0 Å². The summed E-state index contributed by atoms with van der Waals surface area (Å²) in [5, 5.41) is 17.5. The summed E-state index contributed by atoms with van der Waals surface area (Å²) in [6.07, 6.45) is -1.05. The second-order valence-electron chi connectivity index (χ2n) is 13.8. The lowest BCUT2D eigenvalue weighted by Crippen LogP contribution is -2.42. The minimum absolute atomic E-state index is 0.124. The quantitative estimate of drug-likeness (QED) is 0.0473. The van der Waals surface area contributed by atoms with E-state index in [1.807, 2.05) is 0 Å². The summed E-state index contributed by atoms with van der Waals surface area (Å²) in [5.74, 6) is -2.41.